The predicted octanol–water partition coefficient (Wildman–Crippen LogP) is 2.11. The Hall–Kier alpha value is -3.24. The van der Waals surface area contributed by atoms with Crippen molar-refractivity contribution in [2.24, 2.45) is 0 Å². The number of nitrogens with zero attached hydrogens (tertiary/aromatic N) is 4. The van der Waals surface area contributed by atoms with Gasteiger partial charge in [-0.3, -0.25) is 20.4 Å². The number of ether oxygens (including phenoxy) is 1. The maximum Gasteiger partial charge on any atom is 0.281 e. The molecule has 31 heavy (non-hydrogen) atoms. The molecule has 9 nitrogen and oxygen atoms in total. The Bertz CT molecular complexity index is 1070. The number of hydrogen-bond donors (Lipinski definition) is 2. The Morgan fingerprint density at radius 1 is 1.13 bits per heavy atom. The zero-order valence-electron chi connectivity index (χ0n) is 17.4. The van der Waals surface area contributed by atoms with E-state index in [4.69, 9.17) is 4.74 Å². The molecule has 4 rings (SSSR count). The van der Waals surface area contributed by atoms with Gasteiger partial charge in [-0.2, -0.15) is 5.10 Å². The summed E-state index contributed by atoms with van der Waals surface area (Å²) in [4.78, 5) is 32.5. The highest BCUT2D eigenvalue weighted by atomic mass is 32.1. The lowest BCUT2D eigenvalue weighted by Crippen LogP contribution is -2.41. The van der Waals surface area contributed by atoms with Crippen molar-refractivity contribution in [3.05, 3.63) is 58.4 Å². The summed E-state index contributed by atoms with van der Waals surface area (Å²) in [6, 6.07) is 9.61. The van der Waals surface area contributed by atoms with Gasteiger partial charge in [-0.15, -0.1) is 0 Å². The number of amides is 2. The molecule has 0 atom stereocenters. The topological polar surface area (TPSA) is 101 Å². The molecule has 1 aromatic carbocycles. The molecular weight excluding hydrogens is 416 g/mol. The Morgan fingerprint density at radius 2 is 1.84 bits per heavy atom. The van der Waals surface area contributed by atoms with Gasteiger partial charge in [0.25, 0.3) is 11.8 Å². The fraction of sp³-hybridized carbons (Fsp3) is 0.333. The van der Waals surface area contributed by atoms with Gasteiger partial charge in [-0.25, -0.2) is 9.67 Å². The quantitative estimate of drug-likeness (QED) is 0.590. The van der Waals surface area contributed by atoms with Crippen LogP contribution in [0.4, 0.5) is 5.13 Å². The van der Waals surface area contributed by atoms with Crippen LogP contribution in [0.5, 0.6) is 0 Å². The molecule has 0 spiro atoms. The number of hydrogen-bond acceptors (Lipinski definition) is 7. The second-order valence-electron chi connectivity index (χ2n) is 7.02. The van der Waals surface area contributed by atoms with Crippen molar-refractivity contribution in [2.45, 2.75) is 20.3 Å². The lowest BCUT2D eigenvalue weighted by molar-refractivity contribution is 0.0848. The lowest BCUT2D eigenvalue weighted by Gasteiger charge is -2.25. The number of anilines is 1. The number of benzene rings is 1. The van der Waals surface area contributed by atoms with E-state index in [0.717, 1.165) is 29.6 Å². The molecule has 3 aromatic rings. The Balaban J connectivity index is 1.44. The molecule has 1 aliphatic rings. The average molecular weight is 441 g/mol. The van der Waals surface area contributed by atoms with Gasteiger partial charge in [0.1, 0.15) is 4.88 Å². The van der Waals surface area contributed by atoms with E-state index in [2.05, 4.69) is 25.8 Å². The highest BCUT2D eigenvalue weighted by Crippen LogP contribution is 2.26. The van der Waals surface area contributed by atoms with E-state index >= 15 is 0 Å². The van der Waals surface area contributed by atoms with Crippen molar-refractivity contribution in [2.75, 3.05) is 31.2 Å². The first-order chi connectivity index (χ1) is 15.1. The molecule has 10 heteroatoms. The number of morpholine rings is 1. The van der Waals surface area contributed by atoms with Crippen molar-refractivity contribution in [1.82, 2.24) is 25.6 Å². The summed E-state index contributed by atoms with van der Waals surface area (Å²) in [6.07, 6.45) is 2.13. The van der Waals surface area contributed by atoms with E-state index in [9.17, 15) is 9.59 Å². The molecule has 2 N–H and O–H groups in total. The first-order valence-electron chi connectivity index (χ1n) is 10.1. The molecule has 1 saturated heterocycles. The molecule has 2 aromatic heterocycles. The monoisotopic (exact) mass is 440 g/mol. The third-order valence-electron chi connectivity index (χ3n) is 5.01. The van der Waals surface area contributed by atoms with Crippen molar-refractivity contribution in [3.8, 4) is 5.69 Å². The maximum absolute atomic E-state index is 12.7. The minimum absolute atomic E-state index is 0.392. The number of nitrogens with one attached hydrogen (secondary N) is 2. The van der Waals surface area contributed by atoms with Crippen LogP contribution in [0.15, 0.2) is 36.5 Å². The van der Waals surface area contributed by atoms with Crippen LogP contribution in [0.2, 0.25) is 0 Å². The van der Waals surface area contributed by atoms with Gasteiger partial charge in [0.2, 0.25) is 0 Å². The van der Waals surface area contributed by atoms with Crippen LogP contribution in [0.3, 0.4) is 0 Å². The zero-order valence-corrected chi connectivity index (χ0v) is 18.2. The third-order valence-corrected chi connectivity index (χ3v) is 6.23. The minimum Gasteiger partial charge on any atom is -0.378 e. The summed E-state index contributed by atoms with van der Waals surface area (Å²) in [5.74, 6) is -0.806. The number of rotatable bonds is 5. The smallest absolute Gasteiger partial charge is 0.281 e. The summed E-state index contributed by atoms with van der Waals surface area (Å²) >= 11 is 1.31. The lowest BCUT2D eigenvalue weighted by atomic mass is 10.2. The molecule has 0 bridgehead atoms. The van der Waals surface area contributed by atoms with Crippen molar-refractivity contribution < 1.29 is 14.3 Å². The normalized spacial score (nSPS) is 13.8. The van der Waals surface area contributed by atoms with Crippen LogP contribution >= 0.6 is 11.3 Å². The Kier molecular flexibility index (Phi) is 6.28. The molecule has 162 valence electrons. The van der Waals surface area contributed by atoms with Crippen LogP contribution in [-0.2, 0) is 11.2 Å². The van der Waals surface area contributed by atoms with E-state index in [0.29, 0.717) is 35.8 Å². The Morgan fingerprint density at radius 3 is 2.55 bits per heavy atom. The summed E-state index contributed by atoms with van der Waals surface area (Å²) < 4.78 is 7.10. The maximum atomic E-state index is 12.7. The number of hydrazine groups is 1. The fourth-order valence-electron chi connectivity index (χ4n) is 3.42. The molecule has 1 fully saturated rings. The van der Waals surface area contributed by atoms with Gasteiger partial charge in [0, 0.05) is 13.1 Å². The highest BCUT2D eigenvalue weighted by molar-refractivity contribution is 7.17. The predicted molar refractivity (Wildman–Crippen MR) is 118 cm³/mol. The minimum atomic E-state index is -0.414. The van der Waals surface area contributed by atoms with Crippen molar-refractivity contribution in [3.63, 3.8) is 0 Å². The molecule has 0 aliphatic carbocycles. The number of aryl methyl sites for hydroxylation is 1. The zero-order chi connectivity index (χ0) is 21.8. The summed E-state index contributed by atoms with van der Waals surface area (Å²) in [6.45, 7) is 6.53. The summed E-state index contributed by atoms with van der Waals surface area (Å²) in [5, 5.41) is 5.14. The highest BCUT2D eigenvalue weighted by Gasteiger charge is 2.22. The van der Waals surface area contributed by atoms with E-state index in [1.807, 2.05) is 37.3 Å². The standard InChI is InChI=1S/C21H24N6O3S/c1-3-17-16(13-22-27(17)15-7-5-4-6-8-15)19(28)24-25-20(29)18-14(2)23-21(31-18)26-9-11-30-12-10-26/h4-8,13H,3,9-12H2,1-2H3,(H,24,28)(H,25,29). The van der Waals surface area contributed by atoms with Gasteiger partial charge >= 0.3 is 0 Å². The van der Waals surface area contributed by atoms with E-state index in [1.54, 1.807) is 11.6 Å². The molecule has 2 amide bonds. The van der Waals surface area contributed by atoms with Gasteiger partial charge < -0.3 is 9.64 Å². The fourth-order valence-corrected chi connectivity index (χ4v) is 4.43. The van der Waals surface area contributed by atoms with Crippen molar-refractivity contribution >= 4 is 28.3 Å². The van der Waals surface area contributed by atoms with Crippen LogP contribution in [0.1, 0.15) is 38.3 Å². The molecule has 0 radical (unpaired) electrons. The number of carbonyl (C=O) groups excluding carboxylic acids is 2. The van der Waals surface area contributed by atoms with Crippen LogP contribution in [0.25, 0.3) is 5.69 Å². The van der Waals surface area contributed by atoms with Gasteiger partial charge in [0.15, 0.2) is 5.13 Å². The number of carbonyl (C=O) groups is 2. The van der Waals surface area contributed by atoms with Crippen molar-refractivity contribution in [1.29, 1.82) is 0 Å². The largest absolute Gasteiger partial charge is 0.378 e. The van der Waals surface area contributed by atoms with E-state index in [1.165, 1.54) is 17.5 Å². The number of para-hydroxylation sites is 1. The van der Waals surface area contributed by atoms with Gasteiger partial charge in [-0.1, -0.05) is 36.5 Å². The first-order valence-corrected chi connectivity index (χ1v) is 10.9. The summed E-state index contributed by atoms with van der Waals surface area (Å²) in [5.41, 5.74) is 7.70. The van der Waals surface area contributed by atoms with E-state index in [-0.39, 0.29) is 0 Å². The summed E-state index contributed by atoms with van der Waals surface area (Å²) in [7, 11) is 0. The van der Waals surface area contributed by atoms with Gasteiger partial charge in [0.05, 0.1) is 42.0 Å². The molecule has 0 saturated carbocycles. The van der Waals surface area contributed by atoms with Crippen LogP contribution in [0, 0.1) is 6.92 Å². The SMILES string of the molecule is CCc1c(C(=O)NNC(=O)c2sc(N3CCOCC3)nc2C)cnn1-c1ccccc1. The van der Waals surface area contributed by atoms with E-state index < -0.39 is 11.8 Å². The second-order valence-corrected chi connectivity index (χ2v) is 8.00. The van der Waals surface area contributed by atoms with Gasteiger partial charge in [-0.05, 0) is 25.5 Å². The molecule has 0 unspecified atom stereocenters. The average Bonchev–Trinajstić information content (AvgIpc) is 3.42. The first kappa shape index (κ1) is 21.0. The number of aromatic nitrogens is 3. The second kappa shape index (κ2) is 9.27. The van der Waals surface area contributed by atoms with Crippen LogP contribution < -0.4 is 15.8 Å². The third kappa shape index (κ3) is 4.44. The molecular formula is C21H24N6O3S. The Labute approximate surface area is 184 Å². The molecule has 1 aliphatic heterocycles. The number of thiazole rings is 1. The molecule has 3 heterocycles. The van der Waals surface area contributed by atoms with Crippen LogP contribution in [-0.4, -0.2) is 52.9 Å².